The number of hydrogen-bond donors (Lipinski definition) is 2. The Hall–Kier alpha value is -3.55. The second-order valence-electron chi connectivity index (χ2n) is 6.69. The Morgan fingerprint density at radius 2 is 1.83 bits per heavy atom. The summed E-state index contributed by atoms with van der Waals surface area (Å²) in [5, 5.41) is 2.37. The number of rotatable bonds is 5. The second-order valence-corrected chi connectivity index (χ2v) is 6.69. The normalized spacial score (nSPS) is 11.2. The summed E-state index contributed by atoms with van der Waals surface area (Å²) in [6.45, 7) is 1.80. The zero-order valence-corrected chi connectivity index (χ0v) is 15.9. The molecule has 3 aromatic rings. The van der Waals surface area contributed by atoms with Gasteiger partial charge in [-0.1, -0.05) is 18.2 Å². The van der Waals surface area contributed by atoms with Crippen molar-refractivity contribution in [1.82, 2.24) is 0 Å². The molecule has 0 spiro atoms. The molecule has 1 amide bonds. The van der Waals surface area contributed by atoms with E-state index in [9.17, 15) is 22.4 Å². The number of amides is 1. The van der Waals surface area contributed by atoms with Crippen LogP contribution < -0.4 is 15.8 Å². The zero-order chi connectivity index (χ0) is 21.9. The molecule has 0 saturated carbocycles. The van der Waals surface area contributed by atoms with E-state index in [4.69, 9.17) is 10.5 Å². The molecule has 3 rings (SSSR count). The molecule has 0 fully saturated rings. The van der Waals surface area contributed by atoms with Crippen LogP contribution in [-0.2, 0) is 17.4 Å². The summed E-state index contributed by atoms with van der Waals surface area (Å²) in [6, 6.07) is 13.3. The highest BCUT2D eigenvalue weighted by Crippen LogP contribution is 2.31. The first-order chi connectivity index (χ1) is 14.1. The van der Waals surface area contributed by atoms with E-state index >= 15 is 0 Å². The predicted molar refractivity (Wildman–Crippen MR) is 106 cm³/mol. The molecule has 0 bridgehead atoms. The van der Waals surface area contributed by atoms with Gasteiger partial charge in [-0.25, -0.2) is 4.39 Å². The Bertz CT molecular complexity index is 1080. The molecule has 3 aromatic carbocycles. The van der Waals surface area contributed by atoms with Crippen molar-refractivity contribution in [3.05, 3.63) is 83.2 Å². The summed E-state index contributed by atoms with van der Waals surface area (Å²) >= 11 is 0. The number of anilines is 2. The van der Waals surface area contributed by atoms with Gasteiger partial charge in [0.1, 0.15) is 17.3 Å². The molecule has 0 heterocycles. The van der Waals surface area contributed by atoms with Crippen molar-refractivity contribution in [3.63, 3.8) is 0 Å². The lowest BCUT2D eigenvalue weighted by molar-refractivity contribution is -0.137. The number of carbonyl (C=O) groups excluding carboxylic acids is 1. The maximum absolute atomic E-state index is 14.1. The Morgan fingerprint density at radius 3 is 2.53 bits per heavy atom. The van der Waals surface area contributed by atoms with E-state index in [0.717, 1.165) is 23.8 Å². The maximum atomic E-state index is 14.1. The van der Waals surface area contributed by atoms with Gasteiger partial charge in [0.25, 0.3) is 0 Å². The smallest absolute Gasteiger partial charge is 0.416 e. The van der Waals surface area contributed by atoms with Crippen LogP contribution in [0.4, 0.5) is 28.9 Å². The van der Waals surface area contributed by atoms with Crippen molar-refractivity contribution in [3.8, 4) is 11.5 Å². The van der Waals surface area contributed by atoms with Gasteiger partial charge in [0.2, 0.25) is 5.91 Å². The van der Waals surface area contributed by atoms with Crippen molar-refractivity contribution in [2.24, 2.45) is 0 Å². The third kappa shape index (κ3) is 5.28. The molecule has 3 N–H and O–H groups in total. The number of alkyl halides is 3. The van der Waals surface area contributed by atoms with Crippen LogP contribution in [0.25, 0.3) is 0 Å². The number of nitrogens with one attached hydrogen (secondary N) is 1. The van der Waals surface area contributed by atoms with E-state index in [-0.39, 0.29) is 23.4 Å². The van der Waals surface area contributed by atoms with Crippen LogP contribution in [0, 0.1) is 12.7 Å². The molecular weight excluding hydrogens is 400 g/mol. The van der Waals surface area contributed by atoms with Gasteiger partial charge in [0, 0.05) is 11.8 Å². The Balaban J connectivity index is 1.73. The van der Waals surface area contributed by atoms with Crippen molar-refractivity contribution in [1.29, 1.82) is 0 Å². The third-order valence-electron chi connectivity index (χ3n) is 4.26. The molecule has 30 heavy (non-hydrogen) atoms. The molecule has 0 aromatic heterocycles. The van der Waals surface area contributed by atoms with E-state index in [0.29, 0.717) is 11.4 Å². The van der Waals surface area contributed by atoms with E-state index in [1.807, 2.05) is 0 Å². The van der Waals surface area contributed by atoms with Crippen molar-refractivity contribution < 1.29 is 27.1 Å². The number of aryl methyl sites for hydroxylation is 1. The highest BCUT2D eigenvalue weighted by atomic mass is 19.4. The molecule has 0 saturated heterocycles. The average molecular weight is 418 g/mol. The molecule has 4 nitrogen and oxygen atoms in total. The minimum Gasteiger partial charge on any atom is -0.457 e. The van der Waals surface area contributed by atoms with Gasteiger partial charge in [-0.3, -0.25) is 4.79 Å². The molecule has 0 aliphatic heterocycles. The highest BCUT2D eigenvalue weighted by molar-refractivity contribution is 5.92. The van der Waals surface area contributed by atoms with Crippen molar-refractivity contribution in [2.75, 3.05) is 11.1 Å². The molecule has 0 radical (unpaired) electrons. The van der Waals surface area contributed by atoms with Crippen molar-refractivity contribution in [2.45, 2.75) is 19.5 Å². The van der Waals surface area contributed by atoms with Crippen LogP contribution in [0.15, 0.2) is 60.7 Å². The number of benzene rings is 3. The lowest BCUT2D eigenvalue weighted by Crippen LogP contribution is -2.16. The van der Waals surface area contributed by atoms with Gasteiger partial charge in [-0.05, 0) is 54.4 Å². The summed E-state index contributed by atoms with van der Waals surface area (Å²) in [6.07, 6.45) is -4.85. The molecule has 156 valence electrons. The predicted octanol–water partition coefficient (Wildman–Crippen LogP) is 5.71. The Kier molecular flexibility index (Phi) is 5.96. The van der Waals surface area contributed by atoms with Crippen LogP contribution in [0.3, 0.4) is 0 Å². The molecule has 0 unspecified atom stereocenters. The van der Waals surface area contributed by atoms with Gasteiger partial charge in [0.15, 0.2) is 0 Å². The minimum atomic E-state index is -4.51. The minimum absolute atomic E-state index is 0.141. The fourth-order valence-corrected chi connectivity index (χ4v) is 2.82. The van der Waals surface area contributed by atoms with E-state index in [1.54, 1.807) is 25.1 Å². The van der Waals surface area contributed by atoms with Gasteiger partial charge in [-0.2, -0.15) is 13.2 Å². The first-order valence-corrected chi connectivity index (χ1v) is 8.91. The monoisotopic (exact) mass is 418 g/mol. The van der Waals surface area contributed by atoms with Crippen LogP contribution in [-0.4, -0.2) is 5.91 Å². The molecular formula is C22H18F4N2O2. The van der Waals surface area contributed by atoms with Crippen molar-refractivity contribution >= 4 is 17.3 Å². The molecule has 0 aliphatic rings. The summed E-state index contributed by atoms with van der Waals surface area (Å²) in [4.78, 5) is 12.2. The Morgan fingerprint density at radius 1 is 1.07 bits per heavy atom. The summed E-state index contributed by atoms with van der Waals surface area (Å²) in [5.41, 5.74) is 6.21. The number of halogens is 4. The zero-order valence-electron chi connectivity index (χ0n) is 15.9. The molecule has 0 aliphatic carbocycles. The summed E-state index contributed by atoms with van der Waals surface area (Å²) < 4.78 is 58.3. The summed E-state index contributed by atoms with van der Waals surface area (Å²) in [7, 11) is 0. The quantitative estimate of drug-likeness (QED) is 0.412. The lowest BCUT2D eigenvalue weighted by Gasteiger charge is -2.12. The van der Waals surface area contributed by atoms with Gasteiger partial charge >= 0.3 is 6.18 Å². The van der Waals surface area contributed by atoms with Gasteiger partial charge < -0.3 is 15.8 Å². The lowest BCUT2D eigenvalue weighted by atomic mass is 10.1. The molecule has 8 heteroatoms. The number of ether oxygens (including phenoxy) is 1. The standard InChI is InChI=1S/C22H18F4N2O2/c1-13-9-16(27)5-8-20(13)30-17-6-7-18(23)19(12-17)28-21(29)11-14-3-2-4-15(10-14)22(24,25)26/h2-10,12H,11,27H2,1H3,(H,28,29). The fraction of sp³-hybridized carbons (Fsp3) is 0.136. The topological polar surface area (TPSA) is 64.3 Å². The fourth-order valence-electron chi connectivity index (χ4n) is 2.82. The number of nitrogens with two attached hydrogens (primary N) is 1. The highest BCUT2D eigenvalue weighted by Gasteiger charge is 2.30. The van der Waals surface area contributed by atoms with Crippen LogP contribution >= 0.6 is 0 Å². The second kappa shape index (κ2) is 8.44. The van der Waals surface area contributed by atoms with Crippen LogP contribution in [0.5, 0.6) is 11.5 Å². The maximum Gasteiger partial charge on any atom is 0.416 e. The van der Waals surface area contributed by atoms with Crippen LogP contribution in [0.2, 0.25) is 0 Å². The number of hydrogen-bond acceptors (Lipinski definition) is 3. The van der Waals surface area contributed by atoms with E-state index in [1.165, 1.54) is 24.3 Å². The molecule has 0 atom stereocenters. The first-order valence-electron chi connectivity index (χ1n) is 8.91. The van der Waals surface area contributed by atoms with E-state index in [2.05, 4.69) is 5.32 Å². The number of nitrogen functional groups attached to an aromatic ring is 1. The first kappa shape index (κ1) is 21.2. The third-order valence-corrected chi connectivity index (χ3v) is 4.26. The SMILES string of the molecule is Cc1cc(N)ccc1Oc1ccc(F)c(NC(=O)Cc2cccc(C(F)(F)F)c2)c1. The van der Waals surface area contributed by atoms with Gasteiger partial charge in [0.05, 0.1) is 17.7 Å². The number of carbonyl (C=O) groups is 1. The van der Waals surface area contributed by atoms with Gasteiger partial charge in [-0.15, -0.1) is 0 Å². The Labute approximate surface area is 170 Å². The van der Waals surface area contributed by atoms with E-state index < -0.39 is 23.5 Å². The average Bonchev–Trinajstić information content (AvgIpc) is 2.66. The largest absolute Gasteiger partial charge is 0.457 e. The summed E-state index contributed by atoms with van der Waals surface area (Å²) in [5.74, 6) is -0.571. The van der Waals surface area contributed by atoms with Crippen LogP contribution in [0.1, 0.15) is 16.7 Å².